The summed E-state index contributed by atoms with van der Waals surface area (Å²) in [4.78, 5) is 1.81. The molecule has 1 heterocycles. The van der Waals surface area contributed by atoms with Crippen molar-refractivity contribution in [1.29, 1.82) is 0 Å². The van der Waals surface area contributed by atoms with Crippen molar-refractivity contribution in [1.82, 2.24) is 9.62 Å². The van der Waals surface area contributed by atoms with Crippen molar-refractivity contribution in [2.24, 2.45) is 5.92 Å². The highest BCUT2D eigenvalue weighted by Crippen LogP contribution is 2.34. The number of nitrogens with zero attached hydrogens (tertiary/aromatic N) is 1. The Morgan fingerprint density at radius 1 is 1.25 bits per heavy atom. The molecular weight excluding hydrogens is 365 g/mol. The molecule has 24 heavy (non-hydrogen) atoms. The van der Waals surface area contributed by atoms with Gasteiger partial charge in [-0.15, -0.1) is 0 Å². The van der Waals surface area contributed by atoms with Crippen molar-refractivity contribution < 1.29 is 21.6 Å². The van der Waals surface area contributed by atoms with E-state index in [0.29, 0.717) is 12.1 Å². The minimum Gasteiger partial charge on any atom is -0.300 e. The van der Waals surface area contributed by atoms with Gasteiger partial charge in [-0.1, -0.05) is 11.6 Å². The van der Waals surface area contributed by atoms with Crippen molar-refractivity contribution in [2.75, 3.05) is 19.6 Å². The third-order valence-corrected chi connectivity index (χ3v) is 6.40. The number of rotatable bonds is 5. The summed E-state index contributed by atoms with van der Waals surface area (Å²) in [6.07, 6.45) is -1.35. The van der Waals surface area contributed by atoms with Gasteiger partial charge in [0.1, 0.15) is 4.90 Å². The summed E-state index contributed by atoms with van der Waals surface area (Å²) < 4.78 is 65.4. The second-order valence-corrected chi connectivity index (χ2v) is 8.52. The Balaban J connectivity index is 1.69. The van der Waals surface area contributed by atoms with E-state index in [-0.39, 0.29) is 17.5 Å². The summed E-state index contributed by atoms with van der Waals surface area (Å²) in [7, 11) is -4.08. The first kappa shape index (κ1) is 18.0. The van der Waals surface area contributed by atoms with Gasteiger partial charge in [-0.05, 0) is 49.9 Å². The van der Waals surface area contributed by atoms with Crippen molar-refractivity contribution in [3.05, 3.63) is 28.8 Å². The molecule has 0 aromatic heterocycles. The van der Waals surface area contributed by atoms with Gasteiger partial charge in [-0.2, -0.15) is 13.2 Å². The highest BCUT2D eigenvalue weighted by molar-refractivity contribution is 7.89. The van der Waals surface area contributed by atoms with Crippen molar-refractivity contribution in [3.8, 4) is 0 Å². The average Bonchev–Trinajstić information content (AvgIpc) is 3.23. The molecule has 1 N–H and O–H groups in total. The van der Waals surface area contributed by atoms with Crippen LogP contribution in [0.4, 0.5) is 13.2 Å². The quantitative estimate of drug-likeness (QED) is 0.851. The molecule has 1 aliphatic heterocycles. The number of likely N-dealkylation sites (tertiary alicyclic amines) is 1. The maximum atomic E-state index is 12.8. The summed E-state index contributed by atoms with van der Waals surface area (Å²) in [5.74, 6) is 0.171. The lowest BCUT2D eigenvalue weighted by atomic mass is 10.1. The van der Waals surface area contributed by atoms with Crippen molar-refractivity contribution in [3.63, 3.8) is 0 Å². The van der Waals surface area contributed by atoms with Crippen LogP contribution in [0.5, 0.6) is 0 Å². The van der Waals surface area contributed by atoms with Crippen LogP contribution in [0.2, 0.25) is 5.02 Å². The van der Waals surface area contributed by atoms with E-state index in [1.54, 1.807) is 0 Å². The predicted molar refractivity (Wildman–Crippen MR) is 84.3 cm³/mol. The molecule has 9 heteroatoms. The highest BCUT2D eigenvalue weighted by atomic mass is 35.5. The van der Waals surface area contributed by atoms with E-state index in [9.17, 15) is 21.6 Å². The van der Waals surface area contributed by atoms with E-state index in [1.165, 1.54) is 12.8 Å². The van der Waals surface area contributed by atoms with Crippen LogP contribution in [0.25, 0.3) is 0 Å². The minimum atomic E-state index is -4.62. The highest BCUT2D eigenvalue weighted by Gasteiger charge is 2.35. The SMILES string of the molecule is O=S(=O)(NCC1CCN(C2CC2)C1)c1cc(C(F)(F)F)ccc1Cl. The lowest BCUT2D eigenvalue weighted by molar-refractivity contribution is -0.137. The Morgan fingerprint density at radius 2 is 1.96 bits per heavy atom. The molecule has 1 saturated carbocycles. The molecule has 0 spiro atoms. The fraction of sp³-hybridized carbons (Fsp3) is 0.600. The fourth-order valence-corrected chi connectivity index (χ4v) is 4.63. The first-order valence-electron chi connectivity index (χ1n) is 7.77. The molecular formula is C15H18ClF3N2O2S. The van der Waals surface area contributed by atoms with Crippen molar-refractivity contribution in [2.45, 2.75) is 36.4 Å². The summed E-state index contributed by atoms with van der Waals surface area (Å²) in [5.41, 5.74) is -1.03. The minimum absolute atomic E-state index is 0.171. The van der Waals surface area contributed by atoms with Gasteiger partial charge < -0.3 is 4.90 Å². The molecule has 0 amide bonds. The first-order chi connectivity index (χ1) is 11.2. The zero-order valence-corrected chi connectivity index (χ0v) is 14.4. The van der Waals surface area contributed by atoms with E-state index in [0.717, 1.165) is 31.6 Å². The topological polar surface area (TPSA) is 49.4 Å². The van der Waals surface area contributed by atoms with Gasteiger partial charge in [0.05, 0.1) is 10.6 Å². The molecule has 1 unspecified atom stereocenters. The predicted octanol–water partition coefficient (Wildman–Crippen LogP) is 3.12. The number of nitrogens with one attached hydrogen (secondary N) is 1. The summed E-state index contributed by atoms with van der Waals surface area (Å²) >= 11 is 5.80. The number of alkyl halides is 3. The third-order valence-electron chi connectivity index (χ3n) is 4.49. The smallest absolute Gasteiger partial charge is 0.300 e. The summed E-state index contributed by atoms with van der Waals surface area (Å²) in [5, 5.41) is -0.221. The number of hydrogen-bond donors (Lipinski definition) is 1. The number of sulfonamides is 1. The van der Waals surface area contributed by atoms with Gasteiger partial charge in [-0.25, -0.2) is 13.1 Å². The van der Waals surface area contributed by atoms with Crippen LogP contribution in [0.1, 0.15) is 24.8 Å². The molecule has 1 aromatic rings. The zero-order chi connectivity index (χ0) is 17.5. The third kappa shape index (κ3) is 4.04. The normalized spacial score (nSPS) is 22.9. The maximum Gasteiger partial charge on any atom is 0.416 e. The van der Waals surface area contributed by atoms with Crippen LogP contribution in [-0.2, 0) is 16.2 Å². The molecule has 1 aromatic carbocycles. The van der Waals surface area contributed by atoms with Crippen LogP contribution < -0.4 is 4.72 Å². The first-order valence-corrected chi connectivity index (χ1v) is 9.63. The van der Waals surface area contributed by atoms with Gasteiger partial charge in [0.2, 0.25) is 10.0 Å². The number of benzene rings is 1. The van der Waals surface area contributed by atoms with Crippen molar-refractivity contribution >= 4 is 21.6 Å². The molecule has 0 bridgehead atoms. The second kappa shape index (κ2) is 6.48. The molecule has 3 rings (SSSR count). The second-order valence-electron chi connectivity index (χ2n) is 6.38. The molecule has 1 aliphatic carbocycles. The van der Waals surface area contributed by atoms with Gasteiger partial charge in [0.25, 0.3) is 0 Å². The molecule has 2 aliphatic rings. The summed E-state index contributed by atoms with van der Waals surface area (Å²) in [6, 6.07) is 2.94. The Kier molecular flexibility index (Phi) is 4.85. The fourth-order valence-electron chi connectivity index (χ4n) is 2.99. The Bertz CT molecular complexity index is 720. The van der Waals surface area contributed by atoms with Gasteiger partial charge in [-0.3, -0.25) is 0 Å². The van der Waals surface area contributed by atoms with E-state index in [2.05, 4.69) is 9.62 Å². The van der Waals surface area contributed by atoms with Crippen LogP contribution in [-0.4, -0.2) is 39.0 Å². The lowest BCUT2D eigenvalue weighted by Crippen LogP contribution is -2.31. The molecule has 134 valence electrons. The van der Waals surface area contributed by atoms with Gasteiger partial charge >= 0.3 is 6.18 Å². The molecule has 1 atom stereocenters. The van der Waals surface area contributed by atoms with Crippen LogP contribution in [0, 0.1) is 5.92 Å². The summed E-state index contributed by atoms with van der Waals surface area (Å²) in [6.45, 7) is 1.98. The Labute approximate surface area is 144 Å². The van der Waals surface area contributed by atoms with E-state index in [1.807, 2.05) is 0 Å². The Morgan fingerprint density at radius 3 is 2.58 bits per heavy atom. The molecule has 0 radical (unpaired) electrons. The van der Waals surface area contributed by atoms with Crippen LogP contribution in [0.15, 0.2) is 23.1 Å². The number of hydrogen-bond acceptors (Lipinski definition) is 3. The van der Waals surface area contributed by atoms with E-state index in [4.69, 9.17) is 11.6 Å². The molecule has 1 saturated heterocycles. The molecule has 2 fully saturated rings. The van der Waals surface area contributed by atoms with Gasteiger partial charge in [0, 0.05) is 19.1 Å². The number of halogens is 4. The maximum absolute atomic E-state index is 12.8. The largest absolute Gasteiger partial charge is 0.416 e. The van der Waals surface area contributed by atoms with E-state index < -0.39 is 26.7 Å². The monoisotopic (exact) mass is 382 g/mol. The standard InChI is InChI=1S/C15H18ClF3N2O2S/c16-13-4-1-11(15(17,18)19)7-14(13)24(22,23)20-8-10-5-6-21(9-10)12-2-3-12/h1,4,7,10,12,20H,2-3,5-6,8-9H2. The zero-order valence-electron chi connectivity index (χ0n) is 12.8. The lowest BCUT2D eigenvalue weighted by Gasteiger charge is -2.16. The van der Waals surface area contributed by atoms with Crippen LogP contribution in [0.3, 0.4) is 0 Å². The average molecular weight is 383 g/mol. The molecule has 4 nitrogen and oxygen atoms in total. The van der Waals surface area contributed by atoms with E-state index >= 15 is 0 Å². The van der Waals surface area contributed by atoms with Crippen LogP contribution >= 0.6 is 11.6 Å². The van der Waals surface area contributed by atoms with Gasteiger partial charge in [0.15, 0.2) is 0 Å². The Hall–Kier alpha value is -0.830.